The maximum absolute atomic E-state index is 12.9. The molecule has 3 N–H and O–H groups in total. The molecule has 7 heteroatoms. The molecule has 5 nitrogen and oxygen atoms in total. The first-order valence-corrected chi connectivity index (χ1v) is 5.88. The number of carboxylic acids is 1. The smallest absolute Gasteiger partial charge is 0.332 e. The number of rotatable bonds is 5. The Morgan fingerprint density at radius 1 is 1.33 bits per heavy atom. The summed E-state index contributed by atoms with van der Waals surface area (Å²) >= 11 is 0. The largest absolute Gasteiger partial charge is 0.479 e. The number of carboxylic acid groups (broad SMARTS) is 1. The summed E-state index contributed by atoms with van der Waals surface area (Å²) < 4.78 is 25.7. The number of aliphatic carboxylic acids is 1. The van der Waals surface area contributed by atoms with Crippen LogP contribution in [0.1, 0.15) is 32.1 Å². The number of aliphatic hydroxyl groups excluding tert-OH is 1. The number of hydrogen-bond donors (Lipinski definition) is 3. The van der Waals surface area contributed by atoms with Gasteiger partial charge in [0, 0.05) is 31.7 Å². The van der Waals surface area contributed by atoms with E-state index in [0.29, 0.717) is 0 Å². The average molecular weight is 265 g/mol. The zero-order chi connectivity index (χ0) is 13.8. The van der Waals surface area contributed by atoms with Gasteiger partial charge in [-0.3, -0.25) is 4.79 Å². The molecule has 0 aromatic rings. The first-order valence-electron chi connectivity index (χ1n) is 5.88. The van der Waals surface area contributed by atoms with Crippen LogP contribution < -0.4 is 5.32 Å². The average Bonchev–Trinajstić information content (AvgIpc) is 2.28. The van der Waals surface area contributed by atoms with E-state index in [2.05, 4.69) is 5.32 Å². The lowest BCUT2D eigenvalue weighted by Crippen LogP contribution is -2.37. The SMILES string of the molecule is O=C(O)C(O)CCNC(=O)C1CCC(F)(F)CC1. The second-order valence-electron chi connectivity index (χ2n) is 4.56. The Morgan fingerprint density at radius 3 is 2.39 bits per heavy atom. The Balaban J connectivity index is 2.24. The Bertz CT molecular complexity index is 312. The fraction of sp³-hybridized carbons (Fsp3) is 0.818. The molecule has 1 atom stereocenters. The molecule has 0 saturated heterocycles. The van der Waals surface area contributed by atoms with Crippen LogP contribution in [0.4, 0.5) is 8.78 Å². The summed E-state index contributed by atoms with van der Waals surface area (Å²) in [4.78, 5) is 21.9. The van der Waals surface area contributed by atoms with Crippen LogP contribution in [0.25, 0.3) is 0 Å². The topological polar surface area (TPSA) is 86.6 Å². The lowest BCUT2D eigenvalue weighted by Gasteiger charge is -2.27. The summed E-state index contributed by atoms with van der Waals surface area (Å²) in [5.41, 5.74) is 0. The summed E-state index contributed by atoms with van der Waals surface area (Å²) in [6.07, 6.45) is -1.91. The normalized spacial score (nSPS) is 21.3. The summed E-state index contributed by atoms with van der Waals surface area (Å²) in [6, 6.07) is 0. The number of carbonyl (C=O) groups is 2. The van der Waals surface area contributed by atoms with Gasteiger partial charge in [0.2, 0.25) is 11.8 Å². The highest BCUT2D eigenvalue weighted by atomic mass is 19.3. The van der Waals surface area contributed by atoms with Crippen molar-refractivity contribution < 1.29 is 28.6 Å². The van der Waals surface area contributed by atoms with Crippen molar-refractivity contribution >= 4 is 11.9 Å². The first kappa shape index (κ1) is 14.8. The molecule has 1 saturated carbocycles. The minimum atomic E-state index is -2.67. The van der Waals surface area contributed by atoms with Crippen molar-refractivity contribution in [3.05, 3.63) is 0 Å². The van der Waals surface area contributed by atoms with Gasteiger partial charge >= 0.3 is 5.97 Å². The summed E-state index contributed by atoms with van der Waals surface area (Å²) in [5.74, 6) is -4.80. The Hall–Kier alpha value is -1.24. The molecule has 104 valence electrons. The van der Waals surface area contributed by atoms with Crippen molar-refractivity contribution in [2.45, 2.75) is 44.1 Å². The van der Waals surface area contributed by atoms with Crippen molar-refractivity contribution in [2.24, 2.45) is 5.92 Å². The maximum Gasteiger partial charge on any atom is 0.332 e. The predicted octanol–water partition coefficient (Wildman–Crippen LogP) is 0.764. The number of halogens is 2. The van der Waals surface area contributed by atoms with Gasteiger partial charge in [0.05, 0.1) is 0 Å². The van der Waals surface area contributed by atoms with E-state index < -0.39 is 23.9 Å². The van der Waals surface area contributed by atoms with Crippen molar-refractivity contribution in [3.8, 4) is 0 Å². The van der Waals surface area contributed by atoms with Gasteiger partial charge in [-0.1, -0.05) is 0 Å². The molecule has 1 amide bonds. The third-order valence-electron chi connectivity index (χ3n) is 3.09. The van der Waals surface area contributed by atoms with Gasteiger partial charge in [-0.25, -0.2) is 13.6 Å². The fourth-order valence-electron chi connectivity index (χ4n) is 1.90. The predicted molar refractivity (Wildman–Crippen MR) is 58.2 cm³/mol. The number of aliphatic hydroxyl groups is 1. The van der Waals surface area contributed by atoms with E-state index in [1.54, 1.807) is 0 Å². The van der Waals surface area contributed by atoms with E-state index in [9.17, 15) is 18.4 Å². The second-order valence-corrected chi connectivity index (χ2v) is 4.56. The van der Waals surface area contributed by atoms with E-state index in [0.717, 1.165) is 0 Å². The van der Waals surface area contributed by atoms with Crippen molar-refractivity contribution in [1.29, 1.82) is 0 Å². The lowest BCUT2D eigenvalue weighted by atomic mass is 9.86. The van der Waals surface area contributed by atoms with Gasteiger partial charge in [0.1, 0.15) is 0 Å². The molecule has 1 aliphatic rings. The quantitative estimate of drug-likeness (QED) is 0.685. The van der Waals surface area contributed by atoms with E-state index >= 15 is 0 Å². The molecule has 0 aromatic carbocycles. The number of amides is 1. The van der Waals surface area contributed by atoms with Crippen LogP contribution in [0.15, 0.2) is 0 Å². The van der Waals surface area contributed by atoms with Crippen LogP contribution in [0, 0.1) is 5.92 Å². The van der Waals surface area contributed by atoms with Gasteiger partial charge in [-0.2, -0.15) is 0 Å². The van der Waals surface area contributed by atoms with Crippen molar-refractivity contribution in [2.75, 3.05) is 6.54 Å². The van der Waals surface area contributed by atoms with Crippen LogP contribution in [-0.2, 0) is 9.59 Å². The molecule has 1 fully saturated rings. The Morgan fingerprint density at radius 2 is 1.89 bits per heavy atom. The van der Waals surface area contributed by atoms with Crippen LogP contribution in [0.2, 0.25) is 0 Å². The monoisotopic (exact) mass is 265 g/mol. The first-order chi connectivity index (χ1) is 8.32. The van der Waals surface area contributed by atoms with Gasteiger partial charge in [0.25, 0.3) is 0 Å². The lowest BCUT2D eigenvalue weighted by molar-refractivity contribution is -0.147. The molecule has 0 aromatic heterocycles. The molecule has 0 heterocycles. The van der Waals surface area contributed by atoms with Crippen LogP contribution in [0.3, 0.4) is 0 Å². The Labute approximate surface area is 103 Å². The maximum atomic E-state index is 12.9. The minimum Gasteiger partial charge on any atom is -0.479 e. The molecule has 0 spiro atoms. The number of hydrogen-bond acceptors (Lipinski definition) is 3. The zero-order valence-electron chi connectivity index (χ0n) is 9.86. The van der Waals surface area contributed by atoms with E-state index in [4.69, 9.17) is 10.2 Å². The summed E-state index contributed by atoms with van der Waals surface area (Å²) in [5, 5.41) is 19.8. The van der Waals surface area contributed by atoms with Crippen LogP contribution in [0.5, 0.6) is 0 Å². The van der Waals surface area contributed by atoms with E-state index in [-0.39, 0.29) is 44.6 Å². The van der Waals surface area contributed by atoms with E-state index in [1.165, 1.54) is 0 Å². The van der Waals surface area contributed by atoms with E-state index in [1.807, 2.05) is 0 Å². The summed E-state index contributed by atoms with van der Waals surface area (Å²) in [7, 11) is 0. The number of nitrogens with one attached hydrogen (secondary N) is 1. The molecule has 0 bridgehead atoms. The Kier molecular flexibility index (Phi) is 5.01. The highest BCUT2D eigenvalue weighted by Crippen LogP contribution is 2.36. The number of carbonyl (C=O) groups excluding carboxylic acids is 1. The molecular formula is C11H17F2NO4. The van der Waals surface area contributed by atoms with Gasteiger partial charge in [-0.15, -0.1) is 0 Å². The standard InChI is InChI=1S/C11H17F2NO4/c12-11(13)4-1-7(2-5-11)9(16)14-6-3-8(15)10(17)18/h7-8,15H,1-6H2,(H,14,16)(H,17,18). The third-order valence-corrected chi connectivity index (χ3v) is 3.09. The number of alkyl halides is 2. The molecular weight excluding hydrogens is 248 g/mol. The van der Waals surface area contributed by atoms with Crippen LogP contribution in [-0.4, -0.2) is 40.7 Å². The minimum absolute atomic E-state index is 0.0270. The van der Waals surface area contributed by atoms with Crippen molar-refractivity contribution in [3.63, 3.8) is 0 Å². The zero-order valence-corrected chi connectivity index (χ0v) is 9.86. The van der Waals surface area contributed by atoms with Crippen molar-refractivity contribution in [1.82, 2.24) is 5.32 Å². The summed E-state index contributed by atoms with van der Waals surface area (Å²) in [6.45, 7) is 0.0270. The molecule has 1 aliphatic carbocycles. The third kappa shape index (κ3) is 4.56. The highest BCUT2D eigenvalue weighted by molar-refractivity contribution is 5.78. The molecule has 0 radical (unpaired) electrons. The fourth-order valence-corrected chi connectivity index (χ4v) is 1.90. The second kappa shape index (κ2) is 6.08. The molecule has 18 heavy (non-hydrogen) atoms. The molecule has 0 aliphatic heterocycles. The van der Waals surface area contributed by atoms with Crippen LogP contribution >= 0.6 is 0 Å². The van der Waals surface area contributed by atoms with Gasteiger partial charge < -0.3 is 15.5 Å². The van der Waals surface area contributed by atoms with Gasteiger partial charge in [0.15, 0.2) is 6.10 Å². The highest BCUT2D eigenvalue weighted by Gasteiger charge is 2.37. The van der Waals surface area contributed by atoms with Gasteiger partial charge in [-0.05, 0) is 12.8 Å². The molecule has 1 rings (SSSR count). The molecule has 1 unspecified atom stereocenters.